The van der Waals surface area contributed by atoms with Crippen LogP contribution in [0.1, 0.15) is 55.9 Å². The number of amides is 2. The first-order valence-electron chi connectivity index (χ1n) is 12.5. The van der Waals surface area contributed by atoms with Crippen LogP contribution in [0.25, 0.3) is 0 Å². The van der Waals surface area contributed by atoms with E-state index in [1.807, 2.05) is 42.5 Å². The topological polar surface area (TPSA) is 63.2 Å². The fourth-order valence-electron chi connectivity index (χ4n) is 5.48. The number of carbonyl (C=O) groups excluding carboxylic acids is 1. The summed E-state index contributed by atoms with van der Waals surface area (Å²) in [6.07, 6.45) is 1.66. The molecule has 3 aromatic carbocycles. The zero-order valence-corrected chi connectivity index (χ0v) is 21.2. The maximum absolute atomic E-state index is 13.3. The molecule has 6 rings (SSSR count). The Hall–Kier alpha value is -3.80. The minimum atomic E-state index is -0.241. The lowest BCUT2D eigenvalue weighted by Gasteiger charge is -2.16. The van der Waals surface area contributed by atoms with E-state index in [2.05, 4.69) is 57.3 Å². The maximum Gasteiger partial charge on any atom is 0.342 e. The largest absolute Gasteiger partial charge is 0.487 e. The van der Waals surface area contributed by atoms with Gasteiger partial charge in [-0.25, -0.2) is 9.80 Å². The van der Waals surface area contributed by atoms with Gasteiger partial charge in [0.15, 0.2) is 0 Å². The highest BCUT2D eigenvalue weighted by molar-refractivity contribution is 6.08. The van der Waals surface area contributed by atoms with Crippen molar-refractivity contribution in [3.8, 4) is 11.5 Å². The summed E-state index contributed by atoms with van der Waals surface area (Å²) in [6.45, 7) is 8.82. The Balaban J connectivity index is 1.28. The van der Waals surface area contributed by atoms with E-state index in [9.17, 15) is 4.79 Å². The Kier molecular flexibility index (Phi) is 5.11. The molecule has 0 fully saturated rings. The van der Waals surface area contributed by atoms with Crippen molar-refractivity contribution in [2.75, 3.05) is 11.9 Å². The fourth-order valence-corrected chi connectivity index (χ4v) is 5.48. The number of benzene rings is 3. The summed E-state index contributed by atoms with van der Waals surface area (Å²) >= 11 is 0. The number of urea groups is 1. The molecule has 0 radical (unpaired) electrons. The molecule has 36 heavy (non-hydrogen) atoms. The third-order valence-electron chi connectivity index (χ3n) is 7.02. The Labute approximate surface area is 211 Å². The first-order chi connectivity index (χ1) is 17.2. The lowest BCUT2D eigenvalue weighted by molar-refractivity contribution is 0.138. The molecular weight excluding hydrogens is 450 g/mol. The van der Waals surface area contributed by atoms with Crippen molar-refractivity contribution in [1.82, 2.24) is 5.01 Å². The molecule has 3 aromatic rings. The van der Waals surface area contributed by atoms with Crippen LogP contribution in [-0.2, 0) is 12.8 Å². The maximum atomic E-state index is 13.3. The van der Waals surface area contributed by atoms with E-state index in [0.29, 0.717) is 6.54 Å². The van der Waals surface area contributed by atoms with Crippen LogP contribution in [0.5, 0.6) is 11.5 Å². The average Bonchev–Trinajstić information content (AvgIpc) is 3.49. The highest BCUT2D eigenvalue weighted by atomic mass is 16.5. The number of anilines is 1. The van der Waals surface area contributed by atoms with E-state index in [1.165, 1.54) is 5.56 Å². The van der Waals surface area contributed by atoms with Gasteiger partial charge in [-0.2, -0.15) is 5.10 Å². The van der Waals surface area contributed by atoms with Crippen LogP contribution in [0.15, 0.2) is 71.8 Å². The molecule has 0 saturated carbocycles. The van der Waals surface area contributed by atoms with Gasteiger partial charge >= 0.3 is 6.03 Å². The van der Waals surface area contributed by atoms with E-state index in [1.54, 1.807) is 5.01 Å². The summed E-state index contributed by atoms with van der Waals surface area (Å²) in [4.78, 5) is 13.3. The number of carbonyl (C=O) groups is 1. The molecule has 0 aliphatic carbocycles. The summed E-state index contributed by atoms with van der Waals surface area (Å²) in [5.74, 6) is 1.80. The highest BCUT2D eigenvalue weighted by Gasteiger charge is 2.35. The summed E-state index contributed by atoms with van der Waals surface area (Å²) in [5.41, 5.74) is 5.66. The standard InChI is InChI=1S/C30H31N3O3/c1-29(2)16-21-14-20(10-12-25(21)35-29)27-24(19-8-6-5-7-9-19)18-33(32-27)28(34)31-23-11-13-26-22(15-23)17-30(3,4)36-26/h5-15,24H,16-18H2,1-4H3,(H,31,34). The van der Waals surface area contributed by atoms with E-state index in [4.69, 9.17) is 14.6 Å². The zero-order chi connectivity index (χ0) is 25.1. The Morgan fingerprint density at radius 2 is 1.53 bits per heavy atom. The number of ether oxygens (including phenoxy) is 2. The number of hydrogen-bond donors (Lipinski definition) is 1. The van der Waals surface area contributed by atoms with Crippen molar-refractivity contribution >= 4 is 17.4 Å². The van der Waals surface area contributed by atoms with Crippen LogP contribution in [0.3, 0.4) is 0 Å². The van der Waals surface area contributed by atoms with Gasteiger partial charge in [0.25, 0.3) is 0 Å². The van der Waals surface area contributed by atoms with Crippen LogP contribution in [0, 0.1) is 0 Å². The summed E-state index contributed by atoms with van der Waals surface area (Å²) in [5, 5.41) is 9.43. The van der Waals surface area contributed by atoms with Gasteiger partial charge in [0.2, 0.25) is 0 Å². The molecular formula is C30H31N3O3. The SMILES string of the molecule is CC1(C)Cc2cc(NC(=O)N3CC(c4ccccc4)C(c4ccc5c(c4)CC(C)(C)O5)=N3)ccc2O1. The van der Waals surface area contributed by atoms with E-state index in [-0.39, 0.29) is 23.2 Å². The van der Waals surface area contributed by atoms with Gasteiger partial charge in [-0.05, 0) is 80.8 Å². The lowest BCUT2D eigenvalue weighted by Crippen LogP contribution is -2.30. The monoisotopic (exact) mass is 481 g/mol. The van der Waals surface area contributed by atoms with Crippen LogP contribution in [0.2, 0.25) is 0 Å². The second-order valence-corrected chi connectivity index (χ2v) is 11.2. The van der Waals surface area contributed by atoms with Gasteiger partial charge in [0.1, 0.15) is 22.7 Å². The molecule has 184 valence electrons. The molecule has 3 aliphatic rings. The van der Waals surface area contributed by atoms with Crippen LogP contribution in [0.4, 0.5) is 10.5 Å². The number of rotatable bonds is 3. The average molecular weight is 482 g/mol. The quantitative estimate of drug-likeness (QED) is 0.488. The fraction of sp³-hybridized carbons (Fsp3) is 0.333. The Morgan fingerprint density at radius 1 is 0.889 bits per heavy atom. The third kappa shape index (κ3) is 4.21. The predicted octanol–water partition coefficient (Wildman–Crippen LogP) is 6.15. The number of nitrogens with one attached hydrogen (secondary N) is 1. The molecule has 0 saturated heterocycles. The normalized spacial score (nSPS) is 20.7. The van der Waals surface area contributed by atoms with Gasteiger partial charge in [0, 0.05) is 30.0 Å². The van der Waals surface area contributed by atoms with Crippen molar-refractivity contribution in [1.29, 1.82) is 0 Å². The van der Waals surface area contributed by atoms with Crippen LogP contribution in [-0.4, -0.2) is 34.5 Å². The van der Waals surface area contributed by atoms with Crippen molar-refractivity contribution in [3.63, 3.8) is 0 Å². The number of hydrogen-bond acceptors (Lipinski definition) is 4. The van der Waals surface area contributed by atoms with Gasteiger partial charge in [-0.3, -0.25) is 0 Å². The molecule has 3 aliphatic heterocycles. The molecule has 1 atom stereocenters. The first kappa shape index (κ1) is 22.7. The van der Waals surface area contributed by atoms with E-state index in [0.717, 1.165) is 52.4 Å². The van der Waals surface area contributed by atoms with Crippen molar-refractivity contribution in [2.45, 2.75) is 57.7 Å². The van der Waals surface area contributed by atoms with Gasteiger partial charge in [-0.1, -0.05) is 30.3 Å². The van der Waals surface area contributed by atoms with Gasteiger partial charge < -0.3 is 14.8 Å². The second-order valence-electron chi connectivity index (χ2n) is 11.2. The molecule has 0 aromatic heterocycles. The molecule has 6 heteroatoms. The molecule has 6 nitrogen and oxygen atoms in total. The highest BCUT2D eigenvalue weighted by Crippen LogP contribution is 2.38. The third-order valence-corrected chi connectivity index (χ3v) is 7.02. The smallest absolute Gasteiger partial charge is 0.342 e. The molecule has 1 unspecified atom stereocenters. The summed E-state index contributed by atoms with van der Waals surface area (Å²) in [7, 11) is 0. The van der Waals surface area contributed by atoms with Crippen molar-refractivity contribution < 1.29 is 14.3 Å². The Morgan fingerprint density at radius 3 is 2.22 bits per heavy atom. The molecule has 0 bridgehead atoms. The van der Waals surface area contributed by atoms with Crippen molar-refractivity contribution in [3.05, 3.63) is 89.0 Å². The molecule has 2 amide bonds. The second kappa shape index (κ2) is 8.12. The van der Waals surface area contributed by atoms with Gasteiger partial charge in [0.05, 0.1) is 12.3 Å². The minimum Gasteiger partial charge on any atom is -0.487 e. The Bertz CT molecular complexity index is 1380. The molecule has 1 N–H and O–H groups in total. The lowest BCUT2D eigenvalue weighted by atomic mass is 9.89. The van der Waals surface area contributed by atoms with E-state index >= 15 is 0 Å². The van der Waals surface area contributed by atoms with Crippen LogP contribution >= 0.6 is 0 Å². The number of hydrazone groups is 1. The summed E-state index contributed by atoms with van der Waals surface area (Å²) < 4.78 is 12.0. The summed E-state index contributed by atoms with van der Waals surface area (Å²) in [6, 6.07) is 22.1. The molecule has 0 spiro atoms. The van der Waals surface area contributed by atoms with Crippen molar-refractivity contribution in [2.24, 2.45) is 5.10 Å². The number of nitrogens with zero attached hydrogens (tertiary/aromatic N) is 2. The van der Waals surface area contributed by atoms with E-state index < -0.39 is 0 Å². The first-order valence-corrected chi connectivity index (χ1v) is 12.5. The molecule has 3 heterocycles. The predicted molar refractivity (Wildman–Crippen MR) is 141 cm³/mol. The minimum absolute atomic E-state index is 0.0143. The van der Waals surface area contributed by atoms with Gasteiger partial charge in [-0.15, -0.1) is 0 Å². The number of fused-ring (bicyclic) bond motifs is 2. The van der Waals surface area contributed by atoms with Crippen LogP contribution < -0.4 is 14.8 Å². The zero-order valence-electron chi connectivity index (χ0n) is 21.2.